The highest BCUT2D eigenvalue weighted by Gasteiger charge is 2.19. The summed E-state index contributed by atoms with van der Waals surface area (Å²) in [5.41, 5.74) is 4.05. The van der Waals surface area contributed by atoms with E-state index in [0.29, 0.717) is 11.3 Å². The summed E-state index contributed by atoms with van der Waals surface area (Å²) in [4.78, 5) is 16.3. The number of benzene rings is 1. The van der Waals surface area contributed by atoms with Gasteiger partial charge in [0, 0.05) is 44.5 Å². The van der Waals surface area contributed by atoms with E-state index in [-0.39, 0.29) is 5.91 Å². The summed E-state index contributed by atoms with van der Waals surface area (Å²) in [5, 5.41) is 4.00. The molecule has 0 aliphatic carbocycles. The Morgan fingerprint density at radius 1 is 1.32 bits per heavy atom. The van der Waals surface area contributed by atoms with E-state index in [0.717, 1.165) is 29.1 Å². The maximum Gasteiger partial charge on any atom is 0.271 e. The summed E-state index contributed by atoms with van der Waals surface area (Å²) in [5.74, 6) is 1.16. The van der Waals surface area contributed by atoms with Crippen LogP contribution in [0, 0.1) is 0 Å². The molecule has 1 aliphatic rings. The van der Waals surface area contributed by atoms with Gasteiger partial charge in [-0.1, -0.05) is 6.07 Å². The molecular weight excluding hydrogens is 384 g/mol. The Balaban J connectivity index is 1.64. The van der Waals surface area contributed by atoms with Gasteiger partial charge in [-0.15, -0.1) is 0 Å². The van der Waals surface area contributed by atoms with E-state index >= 15 is 0 Å². The smallest absolute Gasteiger partial charge is 0.271 e. The van der Waals surface area contributed by atoms with Gasteiger partial charge in [-0.3, -0.25) is 4.79 Å². The van der Waals surface area contributed by atoms with Crippen molar-refractivity contribution >= 4 is 39.6 Å². The van der Waals surface area contributed by atoms with Crippen molar-refractivity contribution in [3.63, 3.8) is 0 Å². The molecule has 1 saturated heterocycles. The molecule has 0 radical (unpaired) electrons. The number of nitrogens with one attached hydrogen (secondary N) is 1. The Hall–Kier alpha value is -2.28. The highest BCUT2D eigenvalue weighted by molar-refractivity contribution is 9.10. The normalized spacial score (nSPS) is 14.3. The van der Waals surface area contributed by atoms with E-state index in [1.807, 2.05) is 43.3 Å². The maximum atomic E-state index is 12.2. The number of nitrogens with zero attached hydrogens (tertiary/aromatic N) is 3. The van der Waals surface area contributed by atoms with Crippen LogP contribution < -0.4 is 15.2 Å². The van der Waals surface area contributed by atoms with E-state index in [9.17, 15) is 4.79 Å². The predicted molar refractivity (Wildman–Crippen MR) is 104 cm³/mol. The molecule has 0 atom stereocenters. The quantitative estimate of drug-likeness (QED) is 0.611. The zero-order valence-electron chi connectivity index (χ0n) is 14.3. The minimum atomic E-state index is -0.259. The molecule has 6 nitrogen and oxygen atoms in total. The number of carbonyl (C=O) groups excluding carboxylic acids is 1. The third-order valence-electron chi connectivity index (χ3n) is 4.06. The largest absolute Gasteiger partial charge is 0.438 e. The van der Waals surface area contributed by atoms with E-state index in [1.54, 1.807) is 6.07 Å². The number of anilines is 2. The van der Waals surface area contributed by atoms with Crippen molar-refractivity contribution in [2.75, 3.05) is 37.0 Å². The lowest BCUT2D eigenvalue weighted by molar-refractivity contribution is 0.0955. The zero-order valence-corrected chi connectivity index (χ0v) is 15.9. The molecule has 0 unspecified atom stereocenters. The second-order valence-electron chi connectivity index (χ2n) is 6.14. The number of furan rings is 1. The Bertz CT molecular complexity index is 779. The monoisotopic (exact) mass is 404 g/mol. The Kier molecular flexibility index (Phi) is 5.43. The van der Waals surface area contributed by atoms with Crippen LogP contribution in [0.5, 0.6) is 0 Å². The molecule has 7 heteroatoms. The average molecular weight is 405 g/mol. The first-order valence-corrected chi connectivity index (χ1v) is 8.99. The molecule has 1 fully saturated rings. The number of carbonyl (C=O) groups is 1. The summed E-state index contributed by atoms with van der Waals surface area (Å²) in [7, 11) is 3.86. The van der Waals surface area contributed by atoms with Crippen LogP contribution in [0.4, 0.5) is 11.6 Å². The van der Waals surface area contributed by atoms with Crippen LogP contribution in [0.15, 0.2) is 44.3 Å². The topological polar surface area (TPSA) is 61.1 Å². The maximum absolute atomic E-state index is 12.2. The molecule has 0 spiro atoms. The predicted octanol–water partition coefficient (Wildman–Crippen LogP) is 3.47. The minimum absolute atomic E-state index is 0.259. The molecular formula is C18H21BrN4O2. The van der Waals surface area contributed by atoms with Gasteiger partial charge in [0.15, 0.2) is 5.76 Å². The number of hydrogen-bond donors (Lipinski definition) is 1. The van der Waals surface area contributed by atoms with Crippen LogP contribution in [-0.2, 0) is 0 Å². The summed E-state index contributed by atoms with van der Waals surface area (Å²) in [6.07, 6.45) is 3.87. The van der Waals surface area contributed by atoms with Crippen molar-refractivity contribution < 1.29 is 9.21 Å². The number of halogens is 1. The number of hydrazone groups is 1. The molecule has 2 heterocycles. The van der Waals surface area contributed by atoms with Gasteiger partial charge in [0.25, 0.3) is 5.91 Å². The van der Waals surface area contributed by atoms with Crippen LogP contribution >= 0.6 is 15.9 Å². The van der Waals surface area contributed by atoms with Crippen LogP contribution in [-0.4, -0.2) is 39.3 Å². The first-order valence-electron chi connectivity index (χ1n) is 8.19. The van der Waals surface area contributed by atoms with Crippen LogP contribution in [0.1, 0.15) is 29.0 Å². The summed E-state index contributed by atoms with van der Waals surface area (Å²) < 4.78 is 6.71. The molecule has 1 amide bonds. The van der Waals surface area contributed by atoms with Crippen LogP contribution in [0.25, 0.3) is 0 Å². The third kappa shape index (κ3) is 4.22. The second-order valence-corrected chi connectivity index (χ2v) is 6.99. The van der Waals surface area contributed by atoms with E-state index in [1.165, 1.54) is 19.1 Å². The molecule has 0 saturated carbocycles. The van der Waals surface area contributed by atoms with Crippen LogP contribution in [0.3, 0.4) is 0 Å². The Labute approximate surface area is 155 Å². The van der Waals surface area contributed by atoms with E-state index in [4.69, 9.17) is 4.42 Å². The fraction of sp³-hybridized carbons (Fsp3) is 0.333. The molecule has 132 valence electrons. The zero-order chi connectivity index (χ0) is 17.8. The molecule has 1 aromatic carbocycles. The summed E-state index contributed by atoms with van der Waals surface area (Å²) in [6.45, 7) is 2.00. The Morgan fingerprint density at radius 3 is 2.80 bits per heavy atom. The van der Waals surface area contributed by atoms with Gasteiger partial charge in [-0.05, 0) is 47.0 Å². The van der Waals surface area contributed by atoms with Crippen molar-refractivity contribution in [3.8, 4) is 0 Å². The van der Waals surface area contributed by atoms with Crippen molar-refractivity contribution in [1.82, 2.24) is 5.43 Å². The SMILES string of the molecule is CN(C)c1cccc(C(=O)N/N=C\c2cc(Br)c(N3CCCC3)o2)c1. The van der Waals surface area contributed by atoms with Gasteiger partial charge < -0.3 is 14.2 Å². The van der Waals surface area contributed by atoms with Crippen molar-refractivity contribution in [3.05, 3.63) is 46.1 Å². The lowest BCUT2D eigenvalue weighted by Gasteiger charge is -2.13. The van der Waals surface area contributed by atoms with E-state index in [2.05, 4.69) is 31.4 Å². The highest BCUT2D eigenvalue weighted by atomic mass is 79.9. The number of amides is 1. The van der Waals surface area contributed by atoms with E-state index < -0.39 is 0 Å². The van der Waals surface area contributed by atoms with Crippen molar-refractivity contribution in [2.45, 2.75) is 12.8 Å². The van der Waals surface area contributed by atoms with Gasteiger partial charge in [0.2, 0.25) is 5.88 Å². The molecule has 1 N–H and O–H groups in total. The average Bonchev–Trinajstić information content (AvgIpc) is 3.24. The minimum Gasteiger partial charge on any atom is -0.438 e. The van der Waals surface area contributed by atoms with Gasteiger partial charge in [0.1, 0.15) is 0 Å². The first kappa shape index (κ1) is 17.5. The Morgan fingerprint density at radius 2 is 2.08 bits per heavy atom. The van der Waals surface area contributed by atoms with Gasteiger partial charge in [0.05, 0.1) is 10.7 Å². The highest BCUT2D eigenvalue weighted by Crippen LogP contribution is 2.31. The lowest BCUT2D eigenvalue weighted by Crippen LogP contribution is -2.18. The standard InChI is InChI=1S/C18H21BrN4O2/c1-22(2)14-7-5-6-13(10-14)17(24)21-20-12-15-11-16(19)18(25-15)23-8-3-4-9-23/h5-7,10-12H,3-4,8-9H2,1-2H3,(H,21,24)/b20-12-. The third-order valence-corrected chi connectivity index (χ3v) is 4.63. The van der Waals surface area contributed by atoms with Crippen molar-refractivity contribution in [1.29, 1.82) is 0 Å². The molecule has 0 bridgehead atoms. The lowest BCUT2D eigenvalue weighted by atomic mass is 10.2. The second kappa shape index (κ2) is 7.74. The number of hydrogen-bond acceptors (Lipinski definition) is 5. The molecule has 3 rings (SSSR count). The van der Waals surface area contributed by atoms with Crippen molar-refractivity contribution in [2.24, 2.45) is 5.10 Å². The molecule has 1 aliphatic heterocycles. The van der Waals surface area contributed by atoms with Gasteiger partial charge in [-0.2, -0.15) is 5.10 Å². The van der Waals surface area contributed by atoms with Gasteiger partial charge in [-0.25, -0.2) is 5.43 Å². The first-order chi connectivity index (χ1) is 12.0. The number of rotatable bonds is 5. The molecule has 1 aromatic heterocycles. The fourth-order valence-electron chi connectivity index (χ4n) is 2.72. The summed E-state index contributed by atoms with van der Waals surface area (Å²) in [6, 6.07) is 9.23. The molecule has 2 aromatic rings. The van der Waals surface area contributed by atoms with Crippen LogP contribution in [0.2, 0.25) is 0 Å². The fourth-order valence-corrected chi connectivity index (χ4v) is 3.28. The molecule has 25 heavy (non-hydrogen) atoms. The van der Waals surface area contributed by atoms with Gasteiger partial charge >= 0.3 is 0 Å². The summed E-state index contributed by atoms with van der Waals surface area (Å²) >= 11 is 3.52.